The minimum Gasteiger partial charge on any atom is -0.0654 e. The minimum atomic E-state index is 0.977. The first-order valence-electron chi connectivity index (χ1n) is 7.72. The second kappa shape index (κ2) is 8.14. The van der Waals surface area contributed by atoms with Crippen LogP contribution in [0.4, 0.5) is 0 Å². The Labute approximate surface area is 103 Å². The molecule has 1 fully saturated rings. The topological polar surface area (TPSA) is 0 Å². The van der Waals surface area contributed by atoms with E-state index in [4.69, 9.17) is 0 Å². The average Bonchev–Trinajstić information content (AvgIpc) is 2.28. The van der Waals surface area contributed by atoms with Crippen molar-refractivity contribution >= 4 is 0 Å². The molecule has 0 aliphatic heterocycles. The summed E-state index contributed by atoms with van der Waals surface area (Å²) >= 11 is 0. The zero-order valence-corrected chi connectivity index (χ0v) is 11.8. The van der Waals surface area contributed by atoms with Crippen LogP contribution < -0.4 is 0 Å². The molecule has 0 saturated heterocycles. The molecule has 0 heteroatoms. The lowest BCUT2D eigenvalue weighted by Crippen LogP contribution is -2.09. The SMILES string of the molecule is CCCC[C@H]1CCC[C@H](C)CC[C@@H](C)CC1. The number of hydrogen-bond acceptors (Lipinski definition) is 0. The smallest absolute Gasteiger partial charge is 0.0414 e. The second-order valence-electron chi connectivity index (χ2n) is 6.30. The van der Waals surface area contributed by atoms with E-state index in [1.54, 1.807) is 0 Å². The molecule has 16 heavy (non-hydrogen) atoms. The molecule has 0 aromatic heterocycles. The van der Waals surface area contributed by atoms with Gasteiger partial charge in [-0.15, -0.1) is 0 Å². The highest BCUT2D eigenvalue weighted by Crippen LogP contribution is 2.29. The summed E-state index contributed by atoms with van der Waals surface area (Å²) in [4.78, 5) is 0. The van der Waals surface area contributed by atoms with E-state index in [0.717, 1.165) is 17.8 Å². The van der Waals surface area contributed by atoms with Crippen molar-refractivity contribution in [1.29, 1.82) is 0 Å². The monoisotopic (exact) mass is 224 g/mol. The average molecular weight is 224 g/mol. The van der Waals surface area contributed by atoms with E-state index in [-0.39, 0.29) is 0 Å². The molecule has 0 spiro atoms. The van der Waals surface area contributed by atoms with Crippen LogP contribution in [0.3, 0.4) is 0 Å². The van der Waals surface area contributed by atoms with Crippen molar-refractivity contribution in [2.24, 2.45) is 17.8 Å². The van der Waals surface area contributed by atoms with E-state index >= 15 is 0 Å². The van der Waals surface area contributed by atoms with Crippen LogP contribution in [0.2, 0.25) is 0 Å². The first-order valence-corrected chi connectivity index (χ1v) is 7.72. The lowest BCUT2D eigenvalue weighted by molar-refractivity contribution is 0.297. The molecular formula is C16H32. The normalized spacial score (nSPS) is 33.6. The Morgan fingerprint density at radius 1 is 0.812 bits per heavy atom. The van der Waals surface area contributed by atoms with Gasteiger partial charge in [-0.05, 0) is 17.8 Å². The number of rotatable bonds is 3. The van der Waals surface area contributed by atoms with E-state index in [0.29, 0.717) is 0 Å². The maximum Gasteiger partial charge on any atom is -0.0414 e. The molecule has 1 saturated carbocycles. The zero-order valence-electron chi connectivity index (χ0n) is 11.8. The fourth-order valence-corrected chi connectivity index (χ4v) is 3.06. The molecule has 0 nitrogen and oxygen atoms in total. The minimum absolute atomic E-state index is 0.977. The van der Waals surface area contributed by atoms with Crippen molar-refractivity contribution < 1.29 is 0 Å². The summed E-state index contributed by atoms with van der Waals surface area (Å²) in [6.45, 7) is 7.24. The van der Waals surface area contributed by atoms with Gasteiger partial charge < -0.3 is 0 Å². The highest BCUT2D eigenvalue weighted by Gasteiger charge is 2.14. The summed E-state index contributed by atoms with van der Waals surface area (Å²) in [6, 6.07) is 0. The van der Waals surface area contributed by atoms with Gasteiger partial charge in [0.2, 0.25) is 0 Å². The van der Waals surface area contributed by atoms with Crippen LogP contribution in [-0.2, 0) is 0 Å². The van der Waals surface area contributed by atoms with Crippen LogP contribution in [0.1, 0.15) is 85.0 Å². The Kier molecular flexibility index (Phi) is 7.16. The molecule has 0 aromatic carbocycles. The predicted molar refractivity (Wildman–Crippen MR) is 73.7 cm³/mol. The van der Waals surface area contributed by atoms with Crippen molar-refractivity contribution in [3.8, 4) is 0 Å². The van der Waals surface area contributed by atoms with Gasteiger partial charge in [0.15, 0.2) is 0 Å². The fourth-order valence-electron chi connectivity index (χ4n) is 3.06. The van der Waals surface area contributed by atoms with Crippen LogP contribution >= 0.6 is 0 Å². The lowest BCUT2D eigenvalue weighted by Gasteiger charge is -2.23. The Morgan fingerprint density at radius 2 is 1.44 bits per heavy atom. The fraction of sp³-hybridized carbons (Fsp3) is 1.00. The standard InChI is InChI=1S/C16H32/c1-4-5-8-16-9-6-7-14(2)10-11-15(3)12-13-16/h14-16H,4-13H2,1-3H3/t14-,15+,16-/m0/s1. The van der Waals surface area contributed by atoms with Crippen LogP contribution in [-0.4, -0.2) is 0 Å². The first kappa shape index (κ1) is 14.1. The maximum absolute atomic E-state index is 2.46. The van der Waals surface area contributed by atoms with Crippen molar-refractivity contribution in [2.45, 2.75) is 85.0 Å². The van der Waals surface area contributed by atoms with Gasteiger partial charge in [0.05, 0.1) is 0 Å². The van der Waals surface area contributed by atoms with Crippen LogP contribution in [0.5, 0.6) is 0 Å². The molecule has 0 unspecified atom stereocenters. The molecule has 1 rings (SSSR count). The van der Waals surface area contributed by atoms with Crippen LogP contribution in [0, 0.1) is 17.8 Å². The lowest BCUT2D eigenvalue weighted by atomic mass is 9.83. The third kappa shape index (κ3) is 5.92. The molecule has 0 amide bonds. The van der Waals surface area contributed by atoms with Crippen LogP contribution in [0.15, 0.2) is 0 Å². The third-order valence-electron chi connectivity index (χ3n) is 4.50. The van der Waals surface area contributed by atoms with Crippen molar-refractivity contribution in [1.82, 2.24) is 0 Å². The van der Waals surface area contributed by atoms with E-state index in [2.05, 4.69) is 20.8 Å². The van der Waals surface area contributed by atoms with E-state index in [1.165, 1.54) is 64.2 Å². The summed E-state index contributed by atoms with van der Waals surface area (Å²) < 4.78 is 0. The summed E-state index contributed by atoms with van der Waals surface area (Å²) in [5.41, 5.74) is 0. The van der Waals surface area contributed by atoms with Gasteiger partial charge in [-0.3, -0.25) is 0 Å². The Balaban J connectivity index is 2.34. The summed E-state index contributed by atoms with van der Waals surface area (Å²) in [6.07, 6.45) is 14.8. The van der Waals surface area contributed by atoms with Gasteiger partial charge >= 0.3 is 0 Å². The molecule has 0 N–H and O–H groups in total. The predicted octanol–water partition coefficient (Wildman–Crippen LogP) is 5.81. The van der Waals surface area contributed by atoms with Gasteiger partial charge in [0, 0.05) is 0 Å². The van der Waals surface area contributed by atoms with Gasteiger partial charge in [0.1, 0.15) is 0 Å². The molecule has 0 aromatic rings. The molecular weight excluding hydrogens is 192 g/mol. The van der Waals surface area contributed by atoms with E-state index < -0.39 is 0 Å². The molecule has 1 aliphatic carbocycles. The van der Waals surface area contributed by atoms with Crippen molar-refractivity contribution in [2.75, 3.05) is 0 Å². The van der Waals surface area contributed by atoms with Crippen LogP contribution in [0.25, 0.3) is 0 Å². The highest BCUT2D eigenvalue weighted by molar-refractivity contribution is 4.67. The molecule has 0 heterocycles. The molecule has 1 aliphatic rings. The molecule has 0 radical (unpaired) electrons. The highest BCUT2D eigenvalue weighted by atomic mass is 14.2. The zero-order chi connectivity index (χ0) is 11.8. The molecule has 3 atom stereocenters. The summed E-state index contributed by atoms with van der Waals surface area (Å²) in [5.74, 6) is 3.00. The van der Waals surface area contributed by atoms with Crippen molar-refractivity contribution in [3.05, 3.63) is 0 Å². The summed E-state index contributed by atoms with van der Waals surface area (Å²) in [5, 5.41) is 0. The molecule has 0 bridgehead atoms. The van der Waals surface area contributed by atoms with Gasteiger partial charge in [-0.1, -0.05) is 85.0 Å². The van der Waals surface area contributed by atoms with Crippen molar-refractivity contribution in [3.63, 3.8) is 0 Å². The maximum atomic E-state index is 2.46. The number of hydrogen-bond donors (Lipinski definition) is 0. The van der Waals surface area contributed by atoms with E-state index in [9.17, 15) is 0 Å². The summed E-state index contributed by atoms with van der Waals surface area (Å²) in [7, 11) is 0. The van der Waals surface area contributed by atoms with Gasteiger partial charge in [-0.25, -0.2) is 0 Å². The Morgan fingerprint density at radius 3 is 2.12 bits per heavy atom. The quantitative estimate of drug-likeness (QED) is 0.567. The largest absolute Gasteiger partial charge is 0.0654 e. The third-order valence-corrected chi connectivity index (χ3v) is 4.50. The van der Waals surface area contributed by atoms with Gasteiger partial charge in [-0.2, -0.15) is 0 Å². The Bertz CT molecular complexity index is 161. The Hall–Kier alpha value is 0. The van der Waals surface area contributed by atoms with Gasteiger partial charge in [0.25, 0.3) is 0 Å². The number of unbranched alkanes of at least 4 members (excludes halogenated alkanes) is 1. The first-order chi connectivity index (χ1) is 7.72. The van der Waals surface area contributed by atoms with E-state index in [1.807, 2.05) is 0 Å². The second-order valence-corrected chi connectivity index (χ2v) is 6.30. The molecule has 96 valence electrons.